The fourth-order valence-electron chi connectivity index (χ4n) is 1.40. The number of aromatic nitrogens is 1. The summed E-state index contributed by atoms with van der Waals surface area (Å²) >= 11 is 1.41. The van der Waals surface area contributed by atoms with E-state index in [9.17, 15) is 4.79 Å². The number of aryl methyl sites for hydroxylation is 2. The van der Waals surface area contributed by atoms with Gasteiger partial charge in [-0.25, -0.2) is 4.98 Å². The minimum Gasteiger partial charge on any atom is -0.392 e. The molecule has 1 rings (SSSR count). The number of hydrogen-bond acceptors (Lipinski definition) is 5. The Labute approximate surface area is 105 Å². The van der Waals surface area contributed by atoms with Crippen LogP contribution < -0.4 is 10.6 Å². The Balaban J connectivity index is 2.28. The van der Waals surface area contributed by atoms with Gasteiger partial charge in [-0.2, -0.15) is 0 Å². The van der Waals surface area contributed by atoms with Gasteiger partial charge in [-0.1, -0.05) is 0 Å². The maximum absolute atomic E-state index is 11.8. The molecule has 0 radical (unpaired) electrons. The van der Waals surface area contributed by atoms with Crippen LogP contribution in [0.1, 0.15) is 27.3 Å². The van der Waals surface area contributed by atoms with Gasteiger partial charge in [0.1, 0.15) is 4.88 Å². The van der Waals surface area contributed by atoms with Gasteiger partial charge < -0.3 is 15.7 Å². The fourth-order valence-corrected chi connectivity index (χ4v) is 2.23. The topological polar surface area (TPSA) is 74.2 Å². The largest absolute Gasteiger partial charge is 0.392 e. The first-order chi connectivity index (χ1) is 8.00. The molecule has 96 valence electrons. The van der Waals surface area contributed by atoms with Crippen LogP contribution in [0.4, 0.5) is 0 Å². The first kappa shape index (κ1) is 14.1. The van der Waals surface area contributed by atoms with Crippen molar-refractivity contribution < 1.29 is 9.90 Å². The van der Waals surface area contributed by atoms with Gasteiger partial charge in [0.15, 0.2) is 0 Å². The summed E-state index contributed by atoms with van der Waals surface area (Å²) in [6.45, 7) is 7.17. The summed E-state index contributed by atoms with van der Waals surface area (Å²) in [5, 5.41) is 15.8. The van der Waals surface area contributed by atoms with Crippen LogP contribution in [0.25, 0.3) is 0 Å². The van der Waals surface area contributed by atoms with E-state index in [-0.39, 0.29) is 12.0 Å². The van der Waals surface area contributed by atoms with E-state index in [1.807, 2.05) is 13.8 Å². The lowest BCUT2D eigenvalue weighted by Crippen LogP contribution is -2.34. The van der Waals surface area contributed by atoms with Crippen LogP contribution in [-0.4, -0.2) is 41.7 Å². The Morgan fingerprint density at radius 3 is 2.71 bits per heavy atom. The third kappa shape index (κ3) is 4.80. The zero-order chi connectivity index (χ0) is 12.8. The standard InChI is InChI=1S/C11H19N3O2S/c1-7(15)6-12-4-5-13-11(16)10-8(2)14-9(3)17-10/h7,12,15H,4-6H2,1-3H3,(H,13,16). The van der Waals surface area contributed by atoms with Crippen molar-refractivity contribution in [2.75, 3.05) is 19.6 Å². The van der Waals surface area contributed by atoms with E-state index < -0.39 is 0 Å². The molecule has 0 bridgehead atoms. The van der Waals surface area contributed by atoms with Crippen LogP contribution in [0, 0.1) is 13.8 Å². The molecule has 0 saturated carbocycles. The van der Waals surface area contributed by atoms with Gasteiger partial charge in [-0.15, -0.1) is 11.3 Å². The molecule has 0 aliphatic carbocycles. The highest BCUT2D eigenvalue weighted by Gasteiger charge is 2.12. The molecular formula is C11H19N3O2S. The molecular weight excluding hydrogens is 238 g/mol. The van der Waals surface area contributed by atoms with Crippen molar-refractivity contribution in [3.63, 3.8) is 0 Å². The normalized spacial score (nSPS) is 12.5. The van der Waals surface area contributed by atoms with Crippen LogP contribution in [0.2, 0.25) is 0 Å². The first-order valence-corrected chi connectivity index (χ1v) is 6.43. The van der Waals surface area contributed by atoms with Gasteiger partial charge in [-0.3, -0.25) is 4.79 Å². The number of thiazole rings is 1. The summed E-state index contributed by atoms with van der Waals surface area (Å²) in [6, 6.07) is 0. The third-order valence-electron chi connectivity index (χ3n) is 2.14. The maximum atomic E-state index is 11.8. The van der Waals surface area contributed by atoms with Crippen LogP contribution in [0.15, 0.2) is 0 Å². The molecule has 0 aromatic carbocycles. The monoisotopic (exact) mass is 257 g/mol. The molecule has 6 heteroatoms. The quantitative estimate of drug-likeness (QED) is 0.647. The molecule has 1 amide bonds. The molecule has 1 aromatic heterocycles. The van der Waals surface area contributed by atoms with Crippen molar-refractivity contribution in [1.82, 2.24) is 15.6 Å². The Morgan fingerprint density at radius 2 is 2.18 bits per heavy atom. The van der Waals surface area contributed by atoms with Gasteiger partial charge in [0.2, 0.25) is 0 Å². The number of amides is 1. The second-order valence-electron chi connectivity index (χ2n) is 3.96. The molecule has 1 unspecified atom stereocenters. The molecule has 17 heavy (non-hydrogen) atoms. The van der Waals surface area contributed by atoms with Gasteiger partial charge in [0, 0.05) is 19.6 Å². The molecule has 0 spiro atoms. The third-order valence-corrected chi connectivity index (χ3v) is 3.21. The lowest BCUT2D eigenvalue weighted by Gasteiger charge is -2.07. The van der Waals surface area contributed by atoms with Crippen molar-refractivity contribution >= 4 is 17.2 Å². The van der Waals surface area contributed by atoms with Crippen molar-refractivity contribution in [3.8, 4) is 0 Å². The number of aliphatic hydroxyl groups is 1. The first-order valence-electron chi connectivity index (χ1n) is 5.61. The highest BCUT2D eigenvalue weighted by Crippen LogP contribution is 2.16. The highest BCUT2D eigenvalue weighted by atomic mass is 32.1. The van der Waals surface area contributed by atoms with E-state index in [0.717, 1.165) is 10.7 Å². The van der Waals surface area contributed by atoms with Gasteiger partial charge in [0.25, 0.3) is 5.91 Å². The van der Waals surface area contributed by atoms with Gasteiger partial charge in [0.05, 0.1) is 16.8 Å². The lowest BCUT2D eigenvalue weighted by atomic mass is 10.3. The minimum absolute atomic E-state index is 0.0769. The SMILES string of the molecule is Cc1nc(C)c(C(=O)NCCNCC(C)O)s1. The Bertz CT molecular complexity index is 377. The highest BCUT2D eigenvalue weighted by molar-refractivity contribution is 7.13. The lowest BCUT2D eigenvalue weighted by molar-refractivity contribution is 0.0957. The summed E-state index contributed by atoms with van der Waals surface area (Å²) in [6.07, 6.45) is -0.364. The fraction of sp³-hybridized carbons (Fsp3) is 0.636. The number of rotatable bonds is 6. The van der Waals surface area contributed by atoms with E-state index in [4.69, 9.17) is 5.11 Å². The average Bonchev–Trinajstić information content (AvgIpc) is 2.56. The molecule has 1 atom stereocenters. The summed E-state index contributed by atoms with van der Waals surface area (Å²) in [7, 11) is 0. The van der Waals surface area contributed by atoms with Crippen LogP contribution in [0.3, 0.4) is 0 Å². The second-order valence-corrected chi connectivity index (χ2v) is 5.16. The molecule has 0 saturated heterocycles. The van der Waals surface area contributed by atoms with Crippen molar-refractivity contribution in [1.29, 1.82) is 0 Å². The summed E-state index contributed by atoms with van der Waals surface area (Å²) in [5.41, 5.74) is 0.780. The number of nitrogens with one attached hydrogen (secondary N) is 2. The van der Waals surface area contributed by atoms with E-state index in [0.29, 0.717) is 24.5 Å². The van der Waals surface area contributed by atoms with Gasteiger partial charge >= 0.3 is 0 Å². The smallest absolute Gasteiger partial charge is 0.263 e. The summed E-state index contributed by atoms with van der Waals surface area (Å²) in [5.74, 6) is -0.0769. The van der Waals surface area contributed by atoms with Gasteiger partial charge in [-0.05, 0) is 20.8 Å². The molecule has 1 heterocycles. The predicted molar refractivity (Wildman–Crippen MR) is 68.5 cm³/mol. The number of carbonyl (C=O) groups excluding carboxylic acids is 1. The summed E-state index contributed by atoms with van der Waals surface area (Å²) < 4.78 is 0. The van der Waals surface area contributed by atoms with E-state index in [2.05, 4.69) is 15.6 Å². The van der Waals surface area contributed by atoms with Crippen LogP contribution in [0.5, 0.6) is 0 Å². The Kier molecular flexibility index (Phi) is 5.54. The number of carbonyl (C=O) groups is 1. The Morgan fingerprint density at radius 1 is 1.47 bits per heavy atom. The molecule has 0 aliphatic heterocycles. The van der Waals surface area contributed by atoms with Crippen molar-refractivity contribution in [2.45, 2.75) is 26.9 Å². The van der Waals surface area contributed by atoms with Crippen LogP contribution in [-0.2, 0) is 0 Å². The summed E-state index contributed by atoms with van der Waals surface area (Å²) in [4.78, 5) is 16.6. The van der Waals surface area contributed by atoms with Crippen molar-refractivity contribution in [2.24, 2.45) is 0 Å². The second kappa shape index (κ2) is 6.68. The zero-order valence-electron chi connectivity index (χ0n) is 10.4. The number of aliphatic hydroxyl groups excluding tert-OH is 1. The molecule has 5 nitrogen and oxygen atoms in total. The zero-order valence-corrected chi connectivity index (χ0v) is 11.2. The predicted octanol–water partition coefficient (Wildman–Crippen LogP) is 0.460. The van der Waals surface area contributed by atoms with Crippen LogP contribution >= 0.6 is 11.3 Å². The maximum Gasteiger partial charge on any atom is 0.263 e. The van der Waals surface area contributed by atoms with E-state index in [1.165, 1.54) is 11.3 Å². The molecule has 1 aromatic rings. The van der Waals surface area contributed by atoms with E-state index >= 15 is 0 Å². The Hall–Kier alpha value is -0.980. The van der Waals surface area contributed by atoms with Crippen molar-refractivity contribution in [3.05, 3.63) is 15.6 Å². The number of nitrogens with zero attached hydrogens (tertiary/aromatic N) is 1. The average molecular weight is 257 g/mol. The van der Waals surface area contributed by atoms with E-state index in [1.54, 1.807) is 6.92 Å². The molecule has 3 N–H and O–H groups in total. The molecule has 0 aliphatic rings. The minimum atomic E-state index is -0.364. The molecule has 0 fully saturated rings. The number of hydrogen-bond donors (Lipinski definition) is 3.